The standard InChI is InChI=1S/C12H18ClN3O2/c1-9(7-16-8-10(13)5-15-16)12(17)14-6-11-3-2-4-18-11/h5,8-9,11H,2-4,6-7H2,1H3,(H,14,17)/t9-,11-/m1/s1. The van der Waals surface area contributed by atoms with Gasteiger partial charge in [-0.1, -0.05) is 18.5 Å². The van der Waals surface area contributed by atoms with Gasteiger partial charge in [0.05, 0.1) is 29.8 Å². The summed E-state index contributed by atoms with van der Waals surface area (Å²) in [5, 5.41) is 7.55. The van der Waals surface area contributed by atoms with E-state index >= 15 is 0 Å². The molecule has 2 rings (SSSR count). The summed E-state index contributed by atoms with van der Waals surface area (Å²) in [4.78, 5) is 11.9. The summed E-state index contributed by atoms with van der Waals surface area (Å²) in [5.74, 6) is -0.112. The van der Waals surface area contributed by atoms with Gasteiger partial charge in [0.2, 0.25) is 5.91 Å². The number of carbonyl (C=O) groups excluding carboxylic acids is 1. The zero-order chi connectivity index (χ0) is 13.0. The molecule has 1 saturated heterocycles. The maximum Gasteiger partial charge on any atom is 0.224 e. The largest absolute Gasteiger partial charge is 0.376 e. The number of nitrogens with zero attached hydrogens (tertiary/aromatic N) is 2. The normalized spacial score (nSPS) is 20.9. The van der Waals surface area contributed by atoms with Crippen LogP contribution < -0.4 is 5.32 Å². The third-order valence-corrected chi connectivity index (χ3v) is 3.23. The number of carbonyl (C=O) groups is 1. The molecule has 6 heteroatoms. The van der Waals surface area contributed by atoms with Crippen molar-refractivity contribution in [2.75, 3.05) is 13.2 Å². The van der Waals surface area contributed by atoms with Crippen LogP contribution in [0, 0.1) is 5.92 Å². The minimum Gasteiger partial charge on any atom is -0.376 e. The lowest BCUT2D eigenvalue weighted by molar-refractivity contribution is -0.125. The smallest absolute Gasteiger partial charge is 0.224 e. The molecule has 1 amide bonds. The zero-order valence-electron chi connectivity index (χ0n) is 10.4. The number of nitrogens with one attached hydrogen (secondary N) is 1. The van der Waals surface area contributed by atoms with E-state index in [4.69, 9.17) is 16.3 Å². The molecule has 5 nitrogen and oxygen atoms in total. The Bertz CT molecular complexity index is 402. The fourth-order valence-electron chi connectivity index (χ4n) is 2.00. The summed E-state index contributed by atoms with van der Waals surface area (Å²) in [6.45, 7) is 3.81. The number of amides is 1. The predicted molar refractivity (Wildman–Crippen MR) is 68.4 cm³/mol. The van der Waals surface area contributed by atoms with Crippen molar-refractivity contribution in [3.05, 3.63) is 17.4 Å². The van der Waals surface area contributed by atoms with Crippen LogP contribution in [0.5, 0.6) is 0 Å². The second-order valence-electron chi connectivity index (χ2n) is 4.66. The molecule has 1 aliphatic heterocycles. The Morgan fingerprint density at radius 1 is 1.78 bits per heavy atom. The molecular weight excluding hydrogens is 254 g/mol. The molecule has 0 aromatic carbocycles. The Morgan fingerprint density at radius 3 is 3.22 bits per heavy atom. The van der Waals surface area contributed by atoms with E-state index in [1.165, 1.54) is 0 Å². The van der Waals surface area contributed by atoms with Gasteiger partial charge in [0.15, 0.2) is 0 Å². The highest BCUT2D eigenvalue weighted by Gasteiger charge is 2.19. The van der Waals surface area contributed by atoms with Gasteiger partial charge in [-0.05, 0) is 12.8 Å². The second-order valence-corrected chi connectivity index (χ2v) is 5.10. The summed E-state index contributed by atoms with van der Waals surface area (Å²) in [6.07, 6.45) is 5.58. The average Bonchev–Trinajstić information content (AvgIpc) is 2.97. The molecule has 18 heavy (non-hydrogen) atoms. The molecule has 0 saturated carbocycles. The van der Waals surface area contributed by atoms with Crippen LogP contribution in [0.1, 0.15) is 19.8 Å². The van der Waals surface area contributed by atoms with E-state index in [0.29, 0.717) is 18.1 Å². The van der Waals surface area contributed by atoms with E-state index in [-0.39, 0.29) is 17.9 Å². The van der Waals surface area contributed by atoms with Crippen molar-refractivity contribution in [1.82, 2.24) is 15.1 Å². The SMILES string of the molecule is C[C@H](Cn1cc(Cl)cn1)C(=O)NC[C@H]1CCCO1. The average molecular weight is 272 g/mol. The van der Waals surface area contributed by atoms with Gasteiger partial charge >= 0.3 is 0 Å². The van der Waals surface area contributed by atoms with Gasteiger partial charge in [-0.2, -0.15) is 5.10 Å². The molecule has 0 bridgehead atoms. The van der Waals surface area contributed by atoms with Crippen molar-refractivity contribution < 1.29 is 9.53 Å². The van der Waals surface area contributed by atoms with Crippen LogP contribution in [0.2, 0.25) is 5.02 Å². The van der Waals surface area contributed by atoms with Gasteiger partial charge in [-0.25, -0.2) is 0 Å². The van der Waals surface area contributed by atoms with E-state index in [1.54, 1.807) is 17.1 Å². The minimum atomic E-state index is -0.137. The van der Waals surface area contributed by atoms with Crippen molar-refractivity contribution in [1.29, 1.82) is 0 Å². The molecule has 1 aromatic rings. The third-order valence-electron chi connectivity index (χ3n) is 3.04. The van der Waals surface area contributed by atoms with Crippen molar-refractivity contribution >= 4 is 17.5 Å². The summed E-state index contributed by atoms with van der Waals surface area (Å²) < 4.78 is 7.13. The molecule has 0 unspecified atom stereocenters. The van der Waals surface area contributed by atoms with Crippen LogP contribution in [-0.2, 0) is 16.1 Å². The van der Waals surface area contributed by atoms with Gasteiger partial charge in [0, 0.05) is 19.3 Å². The highest BCUT2D eigenvalue weighted by molar-refractivity contribution is 6.30. The fraction of sp³-hybridized carbons (Fsp3) is 0.667. The van der Waals surface area contributed by atoms with E-state index in [1.807, 2.05) is 6.92 Å². The van der Waals surface area contributed by atoms with Crippen LogP contribution in [-0.4, -0.2) is 34.9 Å². The number of rotatable bonds is 5. The van der Waals surface area contributed by atoms with Gasteiger partial charge in [-0.15, -0.1) is 0 Å². The molecule has 1 N–H and O–H groups in total. The maximum atomic E-state index is 11.9. The summed E-state index contributed by atoms with van der Waals surface area (Å²) >= 11 is 5.77. The highest BCUT2D eigenvalue weighted by atomic mass is 35.5. The van der Waals surface area contributed by atoms with Crippen LogP contribution in [0.25, 0.3) is 0 Å². The van der Waals surface area contributed by atoms with Gasteiger partial charge < -0.3 is 10.1 Å². The summed E-state index contributed by atoms with van der Waals surface area (Å²) in [6, 6.07) is 0. The lowest BCUT2D eigenvalue weighted by Gasteiger charge is -2.14. The van der Waals surface area contributed by atoms with E-state index in [9.17, 15) is 4.79 Å². The first-order valence-electron chi connectivity index (χ1n) is 6.22. The molecule has 100 valence electrons. The first kappa shape index (κ1) is 13.4. The number of hydrogen-bond donors (Lipinski definition) is 1. The molecule has 1 aromatic heterocycles. The molecule has 2 atom stereocenters. The van der Waals surface area contributed by atoms with Crippen LogP contribution in [0.4, 0.5) is 0 Å². The monoisotopic (exact) mass is 271 g/mol. The van der Waals surface area contributed by atoms with Crippen molar-refractivity contribution in [3.8, 4) is 0 Å². The van der Waals surface area contributed by atoms with E-state index < -0.39 is 0 Å². The van der Waals surface area contributed by atoms with Crippen molar-refractivity contribution in [2.45, 2.75) is 32.4 Å². The van der Waals surface area contributed by atoms with Gasteiger partial charge in [-0.3, -0.25) is 9.48 Å². The van der Waals surface area contributed by atoms with Crippen LogP contribution >= 0.6 is 11.6 Å². The topological polar surface area (TPSA) is 56.2 Å². The van der Waals surface area contributed by atoms with Gasteiger partial charge in [0.25, 0.3) is 0 Å². The number of hydrogen-bond acceptors (Lipinski definition) is 3. The Hall–Kier alpha value is -1.07. The minimum absolute atomic E-state index is 0.0251. The Balaban J connectivity index is 1.74. The Kier molecular flexibility index (Phi) is 4.60. The first-order chi connectivity index (χ1) is 8.65. The summed E-state index contributed by atoms with van der Waals surface area (Å²) in [7, 11) is 0. The molecule has 1 fully saturated rings. The second kappa shape index (κ2) is 6.20. The molecule has 0 spiro atoms. The zero-order valence-corrected chi connectivity index (χ0v) is 11.2. The molecule has 0 aliphatic carbocycles. The molecule has 1 aliphatic rings. The maximum absolute atomic E-state index is 11.9. The fourth-order valence-corrected chi connectivity index (χ4v) is 2.15. The number of ether oxygens (including phenoxy) is 1. The Morgan fingerprint density at radius 2 is 2.61 bits per heavy atom. The van der Waals surface area contributed by atoms with E-state index in [0.717, 1.165) is 19.4 Å². The highest BCUT2D eigenvalue weighted by Crippen LogP contribution is 2.11. The molecule has 0 radical (unpaired) electrons. The van der Waals surface area contributed by atoms with Gasteiger partial charge in [0.1, 0.15) is 0 Å². The van der Waals surface area contributed by atoms with Crippen LogP contribution in [0.15, 0.2) is 12.4 Å². The Labute approximate surface area is 111 Å². The quantitative estimate of drug-likeness (QED) is 0.882. The van der Waals surface area contributed by atoms with E-state index in [2.05, 4.69) is 10.4 Å². The molecule has 2 heterocycles. The lowest BCUT2D eigenvalue weighted by Crippen LogP contribution is -2.36. The molecular formula is C12H18ClN3O2. The third kappa shape index (κ3) is 3.71. The van der Waals surface area contributed by atoms with Crippen molar-refractivity contribution in [2.24, 2.45) is 5.92 Å². The number of halogens is 1. The van der Waals surface area contributed by atoms with Crippen LogP contribution in [0.3, 0.4) is 0 Å². The first-order valence-corrected chi connectivity index (χ1v) is 6.60. The predicted octanol–water partition coefficient (Wildman–Crippen LogP) is 1.47. The lowest BCUT2D eigenvalue weighted by atomic mass is 10.1. The van der Waals surface area contributed by atoms with Crippen molar-refractivity contribution in [3.63, 3.8) is 0 Å². The summed E-state index contributed by atoms with van der Waals surface area (Å²) in [5.41, 5.74) is 0. The number of aromatic nitrogens is 2.